The Morgan fingerprint density at radius 3 is 2.10 bits per heavy atom. The fourth-order valence-electron chi connectivity index (χ4n) is 3.04. The van der Waals surface area contributed by atoms with E-state index in [-0.39, 0.29) is 24.7 Å². The van der Waals surface area contributed by atoms with E-state index in [1.165, 1.54) is 0 Å². The number of carboxylic acids is 1. The van der Waals surface area contributed by atoms with Gasteiger partial charge < -0.3 is 15.3 Å². The molecule has 0 bridgehead atoms. The molecular formula is C15H28N2O3. The molecule has 1 saturated heterocycles. The lowest BCUT2D eigenvalue weighted by molar-refractivity contribution is -0.149. The molecule has 2 N–H and O–H groups in total. The number of carboxylic acid groups (broad SMARTS) is 1. The minimum absolute atomic E-state index is 0.128. The monoisotopic (exact) mass is 284 g/mol. The van der Waals surface area contributed by atoms with E-state index in [9.17, 15) is 14.7 Å². The average Bonchev–Trinajstić information content (AvgIpc) is 2.40. The molecule has 1 aliphatic rings. The van der Waals surface area contributed by atoms with Crippen LogP contribution in [-0.4, -0.2) is 40.6 Å². The number of likely N-dealkylation sites (tertiary alicyclic amines) is 1. The smallest absolute Gasteiger partial charge is 0.317 e. The number of hydrogen-bond donors (Lipinski definition) is 2. The molecule has 0 aliphatic carbocycles. The van der Waals surface area contributed by atoms with Crippen LogP contribution in [0, 0.1) is 5.41 Å². The first-order chi connectivity index (χ1) is 9.38. The number of nitrogens with one attached hydrogen (secondary N) is 1. The average molecular weight is 284 g/mol. The van der Waals surface area contributed by atoms with Crippen molar-refractivity contribution in [3.63, 3.8) is 0 Å². The van der Waals surface area contributed by atoms with E-state index in [1.807, 2.05) is 18.7 Å². The first kappa shape index (κ1) is 16.8. The minimum atomic E-state index is -0.849. The van der Waals surface area contributed by atoms with Crippen molar-refractivity contribution in [2.24, 2.45) is 5.41 Å². The molecule has 2 amide bonds. The summed E-state index contributed by atoms with van der Waals surface area (Å²) >= 11 is 0. The maximum atomic E-state index is 12.3. The van der Waals surface area contributed by atoms with Crippen molar-refractivity contribution < 1.29 is 14.7 Å². The molecule has 5 heteroatoms. The molecular weight excluding hydrogens is 256 g/mol. The van der Waals surface area contributed by atoms with E-state index in [2.05, 4.69) is 19.2 Å². The fourth-order valence-corrected chi connectivity index (χ4v) is 3.04. The van der Waals surface area contributed by atoms with Crippen LogP contribution >= 0.6 is 0 Å². The van der Waals surface area contributed by atoms with Gasteiger partial charge in [-0.25, -0.2) is 4.79 Å². The van der Waals surface area contributed by atoms with Gasteiger partial charge in [-0.2, -0.15) is 0 Å². The second-order valence-electron chi connectivity index (χ2n) is 5.99. The molecule has 0 aromatic carbocycles. The Morgan fingerprint density at radius 2 is 1.70 bits per heavy atom. The molecule has 20 heavy (non-hydrogen) atoms. The molecule has 1 heterocycles. The predicted molar refractivity (Wildman–Crippen MR) is 78.7 cm³/mol. The summed E-state index contributed by atoms with van der Waals surface area (Å²) in [6.45, 7) is 8.02. The van der Waals surface area contributed by atoms with Gasteiger partial charge in [0.15, 0.2) is 0 Å². The molecule has 0 spiro atoms. The highest BCUT2D eigenvalue weighted by Crippen LogP contribution is 2.27. The maximum absolute atomic E-state index is 12.3. The van der Waals surface area contributed by atoms with Crippen LogP contribution in [0.4, 0.5) is 4.79 Å². The van der Waals surface area contributed by atoms with E-state index in [0.717, 1.165) is 19.3 Å². The number of urea groups is 1. The van der Waals surface area contributed by atoms with Gasteiger partial charge in [-0.3, -0.25) is 4.79 Å². The Labute approximate surface area is 121 Å². The molecule has 0 aromatic heterocycles. The lowest BCUT2D eigenvalue weighted by atomic mass is 9.82. The number of nitrogens with zero attached hydrogens (tertiary/aromatic N) is 1. The third-order valence-corrected chi connectivity index (χ3v) is 4.81. The van der Waals surface area contributed by atoms with Crippen LogP contribution < -0.4 is 5.32 Å². The van der Waals surface area contributed by atoms with E-state index in [1.54, 1.807) is 0 Å². The lowest BCUT2D eigenvalue weighted by Gasteiger charge is -2.39. The Kier molecular flexibility index (Phi) is 5.84. The minimum Gasteiger partial charge on any atom is -0.481 e. The van der Waals surface area contributed by atoms with Crippen LogP contribution in [0.25, 0.3) is 0 Å². The predicted octanol–water partition coefficient (Wildman–Crippen LogP) is 2.85. The highest BCUT2D eigenvalue weighted by Gasteiger charge is 2.36. The molecule has 2 atom stereocenters. The van der Waals surface area contributed by atoms with Crippen LogP contribution in [0.2, 0.25) is 0 Å². The van der Waals surface area contributed by atoms with Gasteiger partial charge in [0.1, 0.15) is 0 Å². The standard InChI is InChI=1S/C15H28N2O3/c1-5-15(6-2,13(18)19)10-16-14(20)17-11(3)8-7-9-12(17)4/h11-12H,5-10H2,1-4H3,(H,16,20)(H,18,19). The Morgan fingerprint density at radius 1 is 1.20 bits per heavy atom. The summed E-state index contributed by atoms with van der Waals surface area (Å²) in [5.41, 5.74) is -0.849. The summed E-state index contributed by atoms with van der Waals surface area (Å²) in [6.07, 6.45) is 4.22. The molecule has 116 valence electrons. The van der Waals surface area contributed by atoms with Gasteiger partial charge in [0.05, 0.1) is 5.41 Å². The third kappa shape index (κ3) is 3.44. The number of carbonyl (C=O) groups is 2. The first-order valence-electron chi connectivity index (χ1n) is 7.67. The summed E-state index contributed by atoms with van der Waals surface area (Å²) in [7, 11) is 0. The fraction of sp³-hybridized carbons (Fsp3) is 0.867. The summed E-state index contributed by atoms with van der Waals surface area (Å²) < 4.78 is 0. The number of carbonyl (C=O) groups excluding carboxylic acids is 1. The van der Waals surface area contributed by atoms with Gasteiger partial charge in [-0.1, -0.05) is 13.8 Å². The number of amides is 2. The zero-order valence-electron chi connectivity index (χ0n) is 13.1. The SMILES string of the molecule is CCC(CC)(CNC(=O)N1C(C)CCCC1C)C(=O)O. The maximum Gasteiger partial charge on any atom is 0.317 e. The van der Waals surface area contributed by atoms with Crippen molar-refractivity contribution in [3.8, 4) is 0 Å². The van der Waals surface area contributed by atoms with Gasteiger partial charge in [0.25, 0.3) is 0 Å². The zero-order chi connectivity index (χ0) is 15.3. The Bertz CT molecular complexity index is 343. The van der Waals surface area contributed by atoms with E-state index < -0.39 is 11.4 Å². The van der Waals surface area contributed by atoms with Gasteiger partial charge >= 0.3 is 12.0 Å². The third-order valence-electron chi connectivity index (χ3n) is 4.81. The van der Waals surface area contributed by atoms with Crippen molar-refractivity contribution >= 4 is 12.0 Å². The lowest BCUT2D eigenvalue weighted by Crippen LogP contribution is -2.54. The molecule has 2 unspecified atom stereocenters. The molecule has 1 rings (SSSR count). The summed E-state index contributed by atoms with van der Waals surface area (Å²) in [5.74, 6) is -0.831. The first-order valence-corrected chi connectivity index (χ1v) is 7.67. The summed E-state index contributed by atoms with van der Waals surface area (Å²) in [4.78, 5) is 25.6. The quantitative estimate of drug-likeness (QED) is 0.815. The van der Waals surface area contributed by atoms with Crippen LogP contribution in [0.3, 0.4) is 0 Å². The second-order valence-corrected chi connectivity index (χ2v) is 5.99. The van der Waals surface area contributed by atoms with Gasteiger partial charge in [-0.15, -0.1) is 0 Å². The summed E-state index contributed by atoms with van der Waals surface area (Å²) in [6, 6.07) is 0.319. The van der Waals surface area contributed by atoms with Gasteiger partial charge in [0, 0.05) is 18.6 Å². The second kappa shape index (κ2) is 6.95. The number of piperidine rings is 1. The topological polar surface area (TPSA) is 69.6 Å². The number of aliphatic carboxylic acids is 1. The summed E-state index contributed by atoms with van der Waals surface area (Å²) in [5, 5.41) is 12.2. The van der Waals surface area contributed by atoms with Crippen LogP contribution in [0.1, 0.15) is 59.8 Å². The molecule has 0 aromatic rings. The molecule has 0 radical (unpaired) electrons. The largest absolute Gasteiger partial charge is 0.481 e. The normalized spacial score (nSPS) is 23.5. The van der Waals surface area contributed by atoms with E-state index in [4.69, 9.17) is 0 Å². The zero-order valence-corrected chi connectivity index (χ0v) is 13.1. The highest BCUT2D eigenvalue weighted by molar-refractivity contribution is 5.78. The Balaban J connectivity index is 2.68. The molecule has 5 nitrogen and oxygen atoms in total. The van der Waals surface area contributed by atoms with Crippen LogP contribution in [0.15, 0.2) is 0 Å². The number of hydrogen-bond acceptors (Lipinski definition) is 2. The molecule has 0 saturated carbocycles. The molecule has 1 aliphatic heterocycles. The van der Waals surface area contributed by atoms with Crippen molar-refractivity contribution in [2.75, 3.05) is 6.54 Å². The van der Waals surface area contributed by atoms with Crippen molar-refractivity contribution in [1.29, 1.82) is 0 Å². The van der Waals surface area contributed by atoms with E-state index >= 15 is 0 Å². The van der Waals surface area contributed by atoms with Gasteiger partial charge in [0.2, 0.25) is 0 Å². The molecule has 1 fully saturated rings. The van der Waals surface area contributed by atoms with Gasteiger partial charge in [-0.05, 0) is 46.0 Å². The highest BCUT2D eigenvalue weighted by atomic mass is 16.4. The number of rotatable bonds is 5. The van der Waals surface area contributed by atoms with Crippen LogP contribution in [-0.2, 0) is 4.79 Å². The van der Waals surface area contributed by atoms with E-state index in [0.29, 0.717) is 12.8 Å². The van der Waals surface area contributed by atoms with Crippen LogP contribution in [0.5, 0.6) is 0 Å². The van der Waals surface area contributed by atoms with Crippen molar-refractivity contribution in [1.82, 2.24) is 10.2 Å². The Hall–Kier alpha value is -1.26. The van der Waals surface area contributed by atoms with Crippen molar-refractivity contribution in [3.05, 3.63) is 0 Å². The van der Waals surface area contributed by atoms with Crippen molar-refractivity contribution in [2.45, 2.75) is 71.9 Å².